The Morgan fingerprint density at radius 2 is 2.13 bits per heavy atom. The standard InChI is InChI=1S/C10H8BrClF2O/c1-5(15)8(11)4-7-9(12)2-6(13)3-10(7)14/h2-3,8H,4H2,1H3. The second kappa shape index (κ2) is 5.03. The molecule has 0 aliphatic rings. The highest BCUT2D eigenvalue weighted by Gasteiger charge is 2.17. The van der Waals surface area contributed by atoms with Crippen LogP contribution in [-0.2, 0) is 11.2 Å². The van der Waals surface area contributed by atoms with Crippen LogP contribution < -0.4 is 0 Å². The third-order valence-corrected chi connectivity index (χ3v) is 3.24. The fourth-order valence-corrected chi connectivity index (χ4v) is 1.69. The Labute approximate surface area is 99.6 Å². The molecule has 1 aromatic carbocycles. The Kier molecular flexibility index (Phi) is 4.22. The van der Waals surface area contributed by atoms with Crippen molar-refractivity contribution in [2.24, 2.45) is 0 Å². The molecule has 0 N–H and O–H groups in total. The predicted molar refractivity (Wildman–Crippen MR) is 58.5 cm³/mol. The average Bonchev–Trinajstić information content (AvgIpc) is 2.10. The van der Waals surface area contributed by atoms with E-state index in [4.69, 9.17) is 11.6 Å². The zero-order valence-corrected chi connectivity index (χ0v) is 10.2. The van der Waals surface area contributed by atoms with Crippen molar-refractivity contribution in [3.63, 3.8) is 0 Å². The Morgan fingerprint density at radius 1 is 1.53 bits per heavy atom. The summed E-state index contributed by atoms with van der Waals surface area (Å²) in [6.45, 7) is 1.38. The van der Waals surface area contributed by atoms with Crippen LogP contribution in [0.25, 0.3) is 0 Å². The molecule has 0 fully saturated rings. The lowest BCUT2D eigenvalue weighted by atomic mass is 10.1. The summed E-state index contributed by atoms with van der Waals surface area (Å²) >= 11 is 8.77. The molecule has 0 aromatic heterocycles. The van der Waals surface area contributed by atoms with E-state index < -0.39 is 16.5 Å². The van der Waals surface area contributed by atoms with Gasteiger partial charge in [-0.1, -0.05) is 27.5 Å². The van der Waals surface area contributed by atoms with Crippen molar-refractivity contribution in [1.29, 1.82) is 0 Å². The molecule has 15 heavy (non-hydrogen) atoms. The lowest BCUT2D eigenvalue weighted by Crippen LogP contribution is -2.14. The molecule has 82 valence electrons. The maximum absolute atomic E-state index is 13.3. The zero-order chi connectivity index (χ0) is 11.6. The summed E-state index contributed by atoms with van der Waals surface area (Å²) in [5.41, 5.74) is 0.148. The minimum Gasteiger partial charge on any atom is -0.299 e. The molecule has 0 aliphatic heterocycles. The summed E-state index contributed by atoms with van der Waals surface area (Å²) in [6.07, 6.45) is 0.111. The molecule has 0 amide bonds. The van der Waals surface area contributed by atoms with Gasteiger partial charge in [0.05, 0.1) is 4.83 Å². The van der Waals surface area contributed by atoms with E-state index >= 15 is 0 Å². The van der Waals surface area contributed by atoms with Crippen LogP contribution in [0.2, 0.25) is 5.02 Å². The third-order valence-electron chi connectivity index (χ3n) is 1.93. The summed E-state index contributed by atoms with van der Waals surface area (Å²) in [5.74, 6) is -1.59. The molecule has 5 heteroatoms. The average molecular weight is 298 g/mol. The number of carbonyl (C=O) groups is 1. The van der Waals surface area contributed by atoms with E-state index in [9.17, 15) is 13.6 Å². The predicted octanol–water partition coefficient (Wildman–Crippen LogP) is 3.51. The van der Waals surface area contributed by atoms with Crippen LogP contribution in [0.5, 0.6) is 0 Å². The van der Waals surface area contributed by atoms with E-state index in [2.05, 4.69) is 15.9 Å². The molecule has 1 aromatic rings. The molecule has 0 aliphatic carbocycles. The van der Waals surface area contributed by atoms with E-state index in [1.165, 1.54) is 6.92 Å². The first-order valence-electron chi connectivity index (χ1n) is 4.19. The van der Waals surface area contributed by atoms with Crippen LogP contribution in [0.15, 0.2) is 12.1 Å². The van der Waals surface area contributed by atoms with Crippen molar-refractivity contribution in [3.05, 3.63) is 34.4 Å². The van der Waals surface area contributed by atoms with Crippen LogP contribution in [0.1, 0.15) is 12.5 Å². The van der Waals surface area contributed by atoms with Gasteiger partial charge in [0.2, 0.25) is 0 Å². The van der Waals surface area contributed by atoms with Gasteiger partial charge >= 0.3 is 0 Å². The SMILES string of the molecule is CC(=O)C(Br)Cc1c(F)cc(F)cc1Cl. The van der Waals surface area contributed by atoms with Gasteiger partial charge in [-0.25, -0.2) is 8.78 Å². The van der Waals surface area contributed by atoms with Crippen molar-refractivity contribution < 1.29 is 13.6 Å². The lowest BCUT2D eigenvalue weighted by molar-refractivity contribution is -0.116. The lowest BCUT2D eigenvalue weighted by Gasteiger charge is -2.09. The zero-order valence-electron chi connectivity index (χ0n) is 7.86. The number of hydrogen-bond donors (Lipinski definition) is 0. The maximum atomic E-state index is 13.3. The topological polar surface area (TPSA) is 17.1 Å². The van der Waals surface area contributed by atoms with Crippen LogP contribution in [0.4, 0.5) is 8.78 Å². The van der Waals surface area contributed by atoms with E-state index in [-0.39, 0.29) is 22.8 Å². The number of ketones is 1. The van der Waals surface area contributed by atoms with Gasteiger partial charge in [-0.3, -0.25) is 4.79 Å². The second-order valence-corrected chi connectivity index (χ2v) is 4.64. The molecule has 0 spiro atoms. The third kappa shape index (κ3) is 3.24. The van der Waals surface area contributed by atoms with Crippen molar-refractivity contribution in [1.82, 2.24) is 0 Å². The number of hydrogen-bond acceptors (Lipinski definition) is 1. The Balaban J connectivity index is 3.00. The van der Waals surface area contributed by atoms with Crippen LogP contribution in [0.3, 0.4) is 0 Å². The molecule has 1 rings (SSSR count). The van der Waals surface area contributed by atoms with Gasteiger partial charge in [-0.2, -0.15) is 0 Å². The van der Waals surface area contributed by atoms with Gasteiger partial charge in [0.1, 0.15) is 17.4 Å². The normalized spacial score (nSPS) is 12.6. The van der Waals surface area contributed by atoms with Crippen LogP contribution in [0, 0.1) is 11.6 Å². The Bertz CT molecular complexity index is 372. The number of rotatable bonds is 3. The summed E-state index contributed by atoms with van der Waals surface area (Å²) in [6, 6.07) is 1.78. The first-order chi connectivity index (χ1) is 6.91. The van der Waals surface area contributed by atoms with E-state index in [0.717, 1.165) is 12.1 Å². The highest BCUT2D eigenvalue weighted by molar-refractivity contribution is 9.10. The number of alkyl halides is 1. The number of Topliss-reactive ketones (excluding diaryl/α,β-unsaturated/α-hetero) is 1. The van der Waals surface area contributed by atoms with E-state index in [1.807, 2.05) is 0 Å². The Morgan fingerprint density at radius 3 is 2.60 bits per heavy atom. The summed E-state index contributed by atoms with van der Waals surface area (Å²) in [5, 5.41) is -0.00167. The van der Waals surface area contributed by atoms with Gasteiger partial charge in [0.15, 0.2) is 0 Å². The van der Waals surface area contributed by atoms with Gasteiger partial charge in [-0.15, -0.1) is 0 Å². The molecule has 1 unspecified atom stereocenters. The minimum absolute atomic E-state index is 0.00167. The van der Waals surface area contributed by atoms with Crippen LogP contribution >= 0.6 is 27.5 Å². The first-order valence-corrected chi connectivity index (χ1v) is 5.49. The summed E-state index contributed by atoms with van der Waals surface area (Å²) in [4.78, 5) is 10.4. The highest BCUT2D eigenvalue weighted by atomic mass is 79.9. The highest BCUT2D eigenvalue weighted by Crippen LogP contribution is 2.24. The molecule has 1 atom stereocenters. The Hall–Kier alpha value is -0.480. The smallest absolute Gasteiger partial charge is 0.143 e. The summed E-state index contributed by atoms with van der Waals surface area (Å²) in [7, 11) is 0. The molecule has 0 radical (unpaired) electrons. The second-order valence-electron chi connectivity index (χ2n) is 3.13. The summed E-state index contributed by atoms with van der Waals surface area (Å²) < 4.78 is 26.0. The molecule has 0 saturated heterocycles. The molecule has 1 nitrogen and oxygen atoms in total. The molecular weight excluding hydrogens is 289 g/mol. The minimum atomic E-state index is -0.731. The fraction of sp³-hybridized carbons (Fsp3) is 0.300. The van der Waals surface area contributed by atoms with Crippen molar-refractivity contribution >= 4 is 33.3 Å². The molecule has 0 bridgehead atoms. The van der Waals surface area contributed by atoms with Crippen LogP contribution in [-0.4, -0.2) is 10.6 Å². The van der Waals surface area contributed by atoms with E-state index in [0.29, 0.717) is 0 Å². The fourth-order valence-electron chi connectivity index (χ4n) is 1.09. The first kappa shape index (κ1) is 12.6. The molecule has 0 heterocycles. The van der Waals surface area contributed by atoms with Gasteiger partial charge in [-0.05, 0) is 19.4 Å². The maximum Gasteiger partial charge on any atom is 0.143 e. The molecular formula is C10H8BrClF2O. The monoisotopic (exact) mass is 296 g/mol. The number of halogens is 4. The number of carbonyl (C=O) groups excluding carboxylic acids is 1. The van der Waals surface area contributed by atoms with Crippen molar-refractivity contribution in [2.45, 2.75) is 18.2 Å². The largest absolute Gasteiger partial charge is 0.299 e. The quantitative estimate of drug-likeness (QED) is 0.780. The van der Waals surface area contributed by atoms with Gasteiger partial charge in [0, 0.05) is 16.7 Å². The van der Waals surface area contributed by atoms with Gasteiger partial charge < -0.3 is 0 Å². The molecule has 0 saturated carbocycles. The van der Waals surface area contributed by atoms with Gasteiger partial charge in [0.25, 0.3) is 0 Å². The van der Waals surface area contributed by atoms with Crippen molar-refractivity contribution in [3.8, 4) is 0 Å². The van der Waals surface area contributed by atoms with Crippen molar-refractivity contribution in [2.75, 3.05) is 0 Å². The number of benzene rings is 1. The van der Waals surface area contributed by atoms with E-state index in [1.54, 1.807) is 0 Å².